The zero-order chi connectivity index (χ0) is 13.8. The summed E-state index contributed by atoms with van der Waals surface area (Å²) in [5.74, 6) is -2.92. The fourth-order valence-electron chi connectivity index (χ4n) is 1.32. The van der Waals surface area contributed by atoms with Crippen molar-refractivity contribution in [2.75, 3.05) is 12.9 Å². The number of hydrogen-bond donors (Lipinski definition) is 0. The van der Waals surface area contributed by atoms with Crippen LogP contribution in [0.1, 0.15) is 11.1 Å². The first-order valence-electron chi connectivity index (χ1n) is 4.83. The highest BCUT2D eigenvalue weighted by molar-refractivity contribution is 7.91. The molecule has 0 spiro atoms. The highest BCUT2D eigenvalue weighted by Gasteiger charge is 2.19. The van der Waals surface area contributed by atoms with Gasteiger partial charge in [0.25, 0.3) is 0 Å². The smallest absolute Gasteiger partial charge is 0.320 e. The lowest BCUT2D eigenvalue weighted by Gasteiger charge is -2.05. The topological polar surface area (TPSA) is 84.2 Å². The zero-order valence-corrected chi connectivity index (χ0v) is 10.3. The Labute approximate surface area is 104 Å². The van der Waals surface area contributed by atoms with Crippen molar-refractivity contribution in [3.63, 3.8) is 0 Å². The van der Waals surface area contributed by atoms with E-state index in [9.17, 15) is 17.6 Å². The molecule has 0 heterocycles. The van der Waals surface area contributed by atoms with Crippen molar-refractivity contribution < 1.29 is 22.3 Å². The normalized spacial score (nSPS) is 10.7. The van der Waals surface area contributed by atoms with E-state index in [1.54, 1.807) is 6.07 Å². The molecule has 7 heteroatoms. The van der Waals surface area contributed by atoms with Crippen molar-refractivity contribution in [1.82, 2.24) is 0 Å². The van der Waals surface area contributed by atoms with Crippen LogP contribution in [0, 0.1) is 17.1 Å². The number of nitriles is 1. The average molecular weight is 271 g/mol. The van der Waals surface area contributed by atoms with Crippen LogP contribution in [-0.4, -0.2) is 27.2 Å². The molecule has 0 radical (unpaired) electrons. The van der Waals surface area contributed by atoms with E-state index >= 15 is 0 Å². The molecule has 0 saturated carbocycles. The van der Waals surface area contributed by atoms with Gasteiger partial charge in [0.1, 0.15) is 11.6 Å². The van der Waals surface area contributed by atoms with Crippen molar-refractivity contribution >= 4 is 15.8 Å². The van der Waals surface area contributed by atoms with Crippen LogP contribution in [0.4, 0.5) is 4.39 Å². The lowest BCUT2D eigenvalue weighted by atomic mass is 10.1. The minimum Gasteiger partial charge on any atom is -0.468 e. The van der Waals surface area contributed by atoms with E-state index in [0.29, 0.717) is 0 Å². The molecule has 0 bridgehead atoms. The quantitative estimate of drug-likeness (QED) is 0.756. The Kier molecular flexibility index (Phi) is 4.39. The van der Waals surface area contributed by atoms with E-state index in [1.807, 2.05) is 0 Å². The van der Waals surface area contributed by atoms with Crippen LogP contribution in [0.25, 0.3) is 0 Å². The van der Waals surface area contributed by atoms with Crippen LogP contribution in [0.5, 0.6) is 0 Å². The second kappa shape index (κ2) is 5.60. The molecule has 96 valence electrons. The fourth-order valence-corrected chi connectivity index (χ4v) is 2.61. The van der Waals surface area contributed by atoms with Gasteiger partial charge in [-0.3, -0.25) is 4.79 Å². The van der Waals surface area contributed by atoms with E-state index in [4.69, 9.17) is 5.26 Å². The Morgan fingerprint density at radius 3 is 2.72 bits per heavy atom. The summed E-state index contributed by atoms with van der Waals surface area (Å²) >= 11 is 0. The lowest BCUT2D eigenvalue weighted by Crippen LogP contribution is -2.19. The SMILES string of the molecule is COC(=O)CS(=O)(=O)Cc1cc(F)ccc1C#N. The summed E-state index contributed by atoms with van der Waals surface area (Å²) in [7, 11) is -2.72. The van der Waals surface area contributed by atoms with Crippen molar-refractivity contribution in [3.05, 3.63) is 35.1 Å². The van der Waals surface area contributed by atoms with Gasteiger partial charge in [0, 0.05) is 0 Å². The second-order valence-electron chi connectivity index (χ2n) is 3.52. The number of sulfone groups is 1. The maximum atomic E-state index is 13.0. The van der Waals surface area contributed by atoms with E-state index in [0.717, 1.165) is 19.2 Å². The molecule has 1 aromatic rings. The maximum absolute atomic E-state index is 13.0. The standard InChI is InChI=1S/C11H10FNO4S/c1-17-11(14)7-18(15,16)6-9-4-10(12)3-2-8(9)5-13/h2-4H,6-7H2,1H3. The van der Waals surface area contributed by atoms with Gasteiger partial charge in [-0.1, -0.05) is 0 Å². The molecule has 1 rings (SSSR count). The molecule has 1 aromatic carbocycles. The summed E-state index contributed by atoms with van der Waals surface area (Å²) in [6, 6.07) is 4.99. The molecule has 0 aliphatic rings. The number of benzene rings is 1. The van der Waals surface area contributed by atoms with E-state index in [1.165, 1.54) is 6.07 Å². The first kappa shape index (κ1) is 14.1. The molecule has 0 atom stereocenters. The third-order valence-electron chi connectivity index (χ3n) is 2.13. The van der Waals surface area contributed by atoms with Crippen LogP contribution < -0.4 is 0 Å². The number of rotatable bonds is 4. The summed E-state index contributed by atoms with van der Waals surface area (Å²) in [4.78, 5) is 10.9. The number of carbonyl (C=O) groups is 1. The number of nitrogens with zero attached hydrogens (tertiary/aromatic N) is 1. The second-order valence-corrected chi connectivity index (χ2v) is 5.59. The molecule has 0 saturated heterocycles. The fraction of sp³-hybridized carbons (Fsp3) is 0.273. The van der Waals surface area contributed by atoms with Crippen molar-refractivity contribution in [2.45, 2.75) is 5.75 Å². The molecule has 0 amide bonds. The molecular weight excluding hydrogens is 261 g/mol. The first-order valence-corrected chi connectivity index (χ1v) is 6.66. The number of esters is 1. The lowest BCUT2D eigenvalue weighted by molar-refractivity contribution is -0.137. The Bertz CT molecular complexity index is 604. The van der Waals surface area contributed by atoms with Gasteiger partial charge in [0.05, 0.1) is 24.5 Å². The number of ether oxygens (including phenoxy) is 1. The molecule has 0 aliphatic heterocycles. The van der Waals surface area contributed by atoms with Gasteiger partial charge < -0.3 is 4.74 Å². The average Bonchev–Trinajstić information content (AvgIpc) is 2.28. The zero-order valence-electron chi connectivity index (χ0n) is 9.51. The van der Waals surface area contributed by atoms with Gasteiger partial charge in [0.15, 0.2) is 9.84 Å². The minimum atomic E-state index is -3.79. The van der Waals surface area contributed by atoms with Crippen LogP contribution in [0.15, 0.2) is 18.2 Å². The van der Waals surface area contributed by atoms with E-state index in [2.05, 4.69) is 4.74 Å². The van der Waals surface area contributed by atoms with E-state index < -0.39 is 33.1 Å². The van der Waals surface area contributed by atoms with Gasteiger partial charge in [-0.15, -0.1) is 0 Å². The molecule has 0 unspecified atom stereocenters. The molecule has 5 nitrogen and oxygen atoms in total. The minimum absolute atomic E-state index is 0.0291. The Balaban J connectivity index is 3.01. The van der Waals surface area contributed by atoms with Gasteiger partial charge in [-0.25, -0.2) is 12.8 Å². The molecule has 0 N–H and O–H groups in total. The highest BCUT2D eigenvalue weighted by atomic mass is 32.2. The van der Waals surface area contributed by atoms with E-state index in [-0.39, 0.29) is 11.1 Å². The summed E-state index contributed by atoms with van der Waals surface area (Å²) in [6.07, 6.45) is 0. The van der Waals surface area contributed by atoms with Crippen molar-refractivity contribution in [3.8, 4) is 6.07 Å². The monoisotopic (exact) mass is 271 g/mol. The summed E-state index contributed by atoms with van der Waals surface area (Å²) < 4.78 is 40.5. The van der Waals surface area contributed by atoms with Crippen LogP contribution in [0.3, 0.4) is 0 Å². The predicted octanol–water partition coefficient (Wildman–Crippen LogP) is 0.785. The van der Waals surface area contributed by atoms with Gasteiger partial charge >= 0.3 is 5.97 Å². The maximum Gasteiger partial charge on any atom is 0.320 e. The van der Waals surface area contributed by atoms with Crippen LogP contribution in [0.2, 0.25) is 0 Å². The number of carbonyl (C=O) groups excluding carboxylic acids is 1. The first-order chi connectivity index (χ1) is 8.38. The summed E-state index contributed by atoms with van der Waals surface area (Å²) in [6.45, 7) is 0. The van der Waals surface area contributed by atoms with Crippen molar-refractivity contribution in [1.29, 1.82) is 5.26 Å². The Morgan fingerprint density at radius 1 is 1.50 bits per heavy atom. The van der Waals surface area contributed by atoms with Crippen LogP contribution in [-0.2, 0) is 25.1 Å². The molecule has 0 fully saturated rings. The largest absolute Gasteiger partial charge is 0.468 e. The van der Waals surface area contributed by atoms with Gasteiger partial charge in [-0.2, -0.15) is 5.26 Å². The Morgan fingerprint density at radius 2 is 2.17 bits per heavy atom. The molecule has 0 aromatic heterocycles. The number of hydrogen-bond acceptors (Lipinski definition) is 5. The van der Waals surface area contributed by atoms with Gasteiger partial charge in [0.2, 0.25) is 0 Å². The highest BCUT2D eigenvalue weighted by Crippen LogP contribution is 2.14. The third kappa shape index (κ3) is 3.82. The Hall–Kier alpha value is -1.94. The molecule has 0 aliphatic carbocycles. The van der Waals surface area contributed by atoms with Crippen LogP contribution >= 0.6 is 0 Å². The van der Waals surface area contributed by atoms with Crippen molar-refractivity contribution in [2.24, 2.45) is 0 Å². The summed E-state index contributed by atoms with van der Waals surface area (Å²) in [5.41, 5.74) is 0.0891. The number of methoxy groups -OCH3 is 1. The molecular formula is C11H10FNO4S. The third-order valence-corrected chi connectivity index (χ3v) is 3.55. The number of halogens is 1. The summed E-state index contributed by atoms with van der Waals surface area (Å²) in [5, 5.41) is 8.78. The van der Waals surface area contributed by atoms with Gasteiger partial charge in [-0.05, 0) is 23.8 Å². The predicted molar refractivity (Wildman–Crippen MR) is 60.6 cm³/mol. The molecule has 18 heavy (non-hydrogen) atoms.